The van der Waals surface area contributed by atoms with E-state index in [4.69, 9.17) is 4.74 Å². The highest BCUT2D eigenvalue weighted by Gasteiger charge is 2.18. The van der Waals surface area contributed by atoms with Gasteiger partial charge in [-0.2, -0.15) is 0 Å². The number of rotatable bonds is 3. The van der Waals surface area contributed by atoms with E-state index in [0.29, 0.717) is 11.3 Å². The Morgan fingerprint density at radius 1 is 1.14 bits per heavy atom. The summed E-state index contributed by atoms with van der Waals surface area (Å²) in [5, 5.41) is 0.722. The maximum Gasteiger partial charge on any atom is 0.198 e. The zero-order valence-electron chi connectivity index (χ0n) is 11.7. The van der Waals surface area contributed by atoms with E-state index in [-0.39, 0.29) is 11.3 Å². The van der Waals surface area contributed by atoms with Crippen molar-refractivity contribution in [3.8, 4) is 5.75 Å². The number of carbonyl (C=O) groups is 1. The Labute approximate surface area is 121 Å². The lowest BCUT2D eigenvalue weighted by Gasteiger charge is -2.04. The number of aromatic amines is 1. The number of nitrogens with one attached hydrogen (secondary N) is 1. The topological polar surface area (TPSA) is 42.1 Å². The fraction of sp³-hybridized carbons (Fsp3) is 0.118. The maximum absolute atomic E-state index is 14.0. The van der Waals surface area contributed by atoms with Crippen molar-refractivity contribution in [3.05, 3.63) is 65.1 Å². The van der Waals surface area contributed by atoms with Crippen LogP contribution in [0.2, 0.25) is 0 Å². The van der Waals surface area contributed by atoms with Gasteiger partial charge in [-0.1, -0.05) is 6.07 Å². The molecular weight excluding hydrogens is 269 g/mol. The molecule has 3 rings (SSSR count). The fourth-order valence-corrected chi connectivity index (χ4v) is 2.36. The van der Waals surface area contributed by atoms with Gasteiger partial charge < -0.3 is 9.72 Å². The van der Waals surface area contributed by atoms with Gasteiger partial charge in [-0.25, -0.2) is 4.39 Å². The van der Waals surface area contributed by atoms with Crippen molar-refractivity contribution in [1.29, 1.82) is 0 Å². The summed E-state index contributed by atoms with van der Waals surface area (Å²) in [7, 11) is 1.56. The number of halogens is 1. The highest BCUT2D eigenvalue weighted by molar-refractivity contribution is 6.16. The number of ether oxygens (including phenoxy) is 1. The van der Waals surface area contributed by atoms with Gasteiger partial charge in [-0.3, -0.25) is 4.79 Å². The summed E-state index contributed by atoms with van der Waals surface area (Å²) in [6.45, 7) is 1.79. The molecule has 0 aliphatic heterocycles. The highest BCUT2D eigenvalue weighted by atomic mass is 19.1. The maximum atomic E-state index is 14.0. The number of aryl methyl sites for hydroxylation is 1. The van der Waals surface area contributed by atoms with Crippen LogP contribution in [0.4, 0.5) is 4.39 Å². The van der Waals surface area contributed by atoms with Gasteiger partial charge >= 0.3 is 0 Å². The van der Waals surface area contributed by atoms with Gasteiger partial charge in [0.05, 0.1) is 12.7 Å². The lowest BCUT2D eigenvalue weighted by molar-refractivity contribution is 0.103. The fourth-order valence-electron chi connectivity index (χ4n) is 2.36. The Kier molecular flexibility index (Phi) is 3.22. The molecule has 2 aromatic carbocycles. The minimum Gasteiger partial charge on any atom is -0.497 e. The molecule has 0 saturated carbocycles. The third-order valence-electron chi connectivity index (χ3n) is 3.50. The van der Waals surface area contributed by atoms with Crippen molar-refractivity contribution >= 4 is 16.7 Å². The molecule has 1 N–H and O–H groups in total. The van der Waals surface area contributed by atoms with E-state index in [1.54, 1.807) is 38.4 Å². The van der Waals surface area contributed by atoms with Crippen LogP contribution in [-0.2, 0) is 0 Å². The third-order valence-corrected chi connectivity index (χ3v) is 3.50. The largest absolute Gasteiger partial charge is 0.497 e. The van der Waals surface area contributed by atoms with Crippen LogP contribution in [0.25, 0.3) is 10.9 Å². The van der Waals surface area contributed by atoms with Crippen molar-refractivity contribution in [2.45, 2.75) is 6.92 Å². The second kappa shape index (κ2) is 5.05. The van der Waals surface area contributed by atoms with E-state index < -0.39 is 5.82 Å². The van der Waals surface area contributed by atoms with E-state index in [1.807, 2.05) is 6.07 Å². The van der Waals surface area contributed by atoms with Crippen LogP contribution in [0.5, 0.6) is 5.75 Å². The van der Waals surface area contributed by atoms with E-state index in [9.17, 15) is 9.18 Å². The van der Waals surface area contributed by atoms with Crippen molar-refractivity contribution < 1.29 is 13.9 Å². The first kappa shape index (κ1) is 13.4. The summed E-state index contributed by atoms with van der Waals surface area (Å²) in [5.41, 5.74) is 2.10. The molecule has 0 bridgehead atoms. The summed E-state index contributed by atoms with van der Waals surface area (Å²) < 4.78 is 19.2. The van der Waals surface area contributed by atoms with Crippen molar-refractivity contribution in [2.75, 3.05) is 7.11 Å². The number of aromatic nitrogens is 1. The predicted octanol–water partition coefficient (Wildman–Crippen LogP) is 3.86. The summed E-state index contributed by atoms with van der Waals surface area (Å²) in [5.74, 6) is -0.190. The quantitative estimate of drug-likeness (QED) is 0.742. The number of methoxy groups -OCH3 is 1. The molecule has 0 amide bonds. The van der Waals surface area contributed by atoms with Crippen molar-refractivity contribution in [2.24, 2.45) is 0 Å². The summed E-state index contributed by atoms with van der Waals surface area (Å²) in [4.78, 5) is 15.6. The van der Waals surface area contributed by atoms with Gasteiger partial charge in [0.15, 0.2) is 5.78 Å². The van der Waals surface area contributed by atoms with E-state index >= 15 is 0 Å². The number of H-pyrrole nitrogens is 1. The van der Waals surface area contributed by atoms with Crippen molar-refractivity contribution in [3.63, 3.8) is 0 Å². The Hall–Kier alpha value is -2.62. The second-order valence-electron chi connectivity index (χ2n) is 4.93. The minimum absolute atomic E-state index is 0.0734. The Balaban J connectivity index is 2.13. The van der Waals surface area contributed by atoms with Gasteiger partial charge in [0.2, 0.25) is 0 Å². The number of ketones is 1. The normalized spacial score (nSPS) is 10.8. The third kappa shape index (κ3) is 2.29. The SMILES string of the molecule is COc1ccc2[nH]cc(C(=O)c3ccc(C)cc3F)c2c1. The summed E-state index contributed by atoms with van der Waals surface area (Å²) >= 11 is 0. The lowest BCUT2D eigenvalue weighted by atomic mass is 10.0. The molecule has 3 aromatic rings. The molecule has 0 aliphatic carbocycles. The van der Waals surface area contributed by atoms with E-state index in [1.165, 1.54) is 12.1 Å². The van der Waals surface area contributed by atoms with Crippen LogP contribution in [-0.4, -0.2) is 17.9 Å². The smallest absolute Gasteiger partial charge is 0.198 e. The first-order valence-corrected chi connectivity index (χ1v) is 6.56. The molecule has 0 saturated heterocycles. The highest BCUT2D eigenvalue weighted by Crippen LogP contribution is 2.26. The van der Waals surface area contributed by atoms with Crippen molar-refractivity contribution in [1.82, 2.24) is 4.98 Å². The zero-order valence-corrected chi connectivity index (χ0v) is 11.7. The molecule has 0 spiro atoms. The van der Waals surface area contributed by atoms with E-state index in [0.717, 1.165) is 16.5 Å². The molecule has 1 heterocycles. The molecule has 1 aromatic heterocycles. The van der Waals surface area contributed by atoms with Crippen LogP contribution in [0, 0.1) is 12.7 Å². The Morgan fingerprint density at radius 3 is 2.67 bits per heavy atom. The predicted molar refractivity (Wildman–Crippen MR) is 79.4 cm³/mol. The number of hydrogen-bond acceptors (Lipinski definition) is 2. The van der Waals surface area contributed by atoms with Crippen LogP contribution in [0.15, 0.2) is 42.6 Å². The first-order chi connectivity index (χ1) is 10.1. The average molecular weight is 283 g/mol. The molecule has 0 radical (unpaired) electrons. The molecular formula is C17H14FNO2. The number of carbonyl (C=O) groups excluding carboxylic acids is 1. The lowest BCUT2D eigenvalue weighted by Crippen LogP contribution is -2.03. The van der Waals surface area contributed by atoms with Crippen LogP contribution < -0.4 is 4.74 Å². The van der Waals surface area contributed by atoms with Crippen LogP contribution in [0.1, 0.15) is 21.5 Å². The van der Waals surface area contributed by atoms with Gasteiger partial charge in [0.1, 0.15) is 11.6 Å². The number of fused-ring (bicyclic) bond motifs is 1. The second-order valence-corrected chi connectivity index (χ2v) is 4.93. The number of hydrogen-bond donors (Lipinski definition) is 1. The summed E-state index contributed by atoms with van der Waals surface area (Å²) in [6.07, 6.45) is 1.60. The molecule has 3 nitrogen and oxygen atoms in total. The average Bonchev–Trinajstić information content (AvgIpc) is 2.89. The zero-order chi connectivity index (χ0) is 15.0. The molecule has 0 fully saturated rings. The van der Waals surface area contributed by atoms with Gasteiger partial charge in [0, 0.05) is 22.7 Å². The standard InChI is InChI=1S/C17H14FNO2/c1-10-3-5-12(15(18)7-10)17(20)14-9-19-16-6-4-11(21-2)8-13(14)16/h3-9,19H,1-2H3. The summed E-state index contributed by atoms with van der Waals surface area (Å²) in [6, 6.07) is 10.0. The van der Waals surface area contributed by atoms with Gasteiger partial charge in [-0.15, -0.1) is 0 Å². The molecule has 0 aliphatic rings. The Morgan fingerprint density at radius 2 is 1.95 bits per heavy atom. The Bertz CT molecular complexity index is 836. The molecule has 4 heteroatoms. The van der Waals surface area contributed by atoms with E-state index in [2.05, 4.69) is 4.98 Å². The number of benzene rings is 2. The van der Waals surface area contributed by atoms with Gasteiger partial charge in [0.25, 0.3) is 0 Å². The van der Waals surface area contributed by atoms with Crippen LogP contribution in [0.3, 0.4) is 0 Å². The van der Waals surface area contributed by atoms with Crippen LogP contribution >= 0.6 is 0 Å². The van der Waals surface area contributed by atoms with Gasteiger partial charge in [-0.05, 0) is 42.8 Å². The molecule has 106 valence electrons. The molecule has 0 unspecified atom stereocenters. The first-order valence-electron chi connectivity index (χ1n) is 6.56. The minimum atomic E-state index is -0.503. The molecule has 21 heavy (non-hydrogen) atoms. The molecule has 0 atom stereocenters. The monoisotopic (exact) mass is 283 g/mol.